The lowest BCUT2D eigenvalue weighted by Gasteiger charge is -2.21. The molecule has 1 amide bonds. The molecule has 3 N–H and O–H groups in total. The Hall–Kier alpha value is -2.11. The van der Waals surface area contributed by atoms with E-state index in [0.29, 0.717) is 24.5 Å². The summed E-state index contributed by atoms with van der Waals surface area (Å²) >= 11 is 0. The summed E-state index contributed by atoms with van der Waals surface area (Å²) in [6.45, 7) is 5.01. The van der Waals surface area contributed by atoms with Gasteiger partial charge in [0.2, 0.25) is 0 Å². The molecule has 1 aliphatic heterocycles. The Morgan fingerprint density at radius 2 is 2.20 bits per heavy atom. The number of aryl methyl sites for hydroxylation is 2. The minimum absolute atomic E-state index is 0.0934. The van der Waals surface area contributed by atoms with Gasteiger partial charge in [0.15, 0.2) is 0 Å². The van der Waals surface area contributed by atoms with Gasteiger partial charge in [-0.3, -0.25) is 9.59 Å². The van der Waals surface area contributed by atoms with Crippen molar-refractivity contribution >= 4 is 17.7 Å². The molecule has 1 fully saturated rings. The molecule has 0 radical (unpaired) electrons. The molecule has 1 saturated heterocycles. The standard InChI is InChI=1S/C14H19N3O3/c1-8-5-9(2)16-14(12(8)13(15)20)17-4-3-10(7-17)6-11(18)19/h5,10H,3-4,6-7H2,1-2H3,(H2,15,20)(H,18,19). The summed E-state index contributed by atoms with van der Waals surface area (Å²) < 4.78 is 0. The Balaban J connectivity index is 2.29. The quantitative estimate of drug-likeness (QED) is 0.859. The third kappa shape index (κ3) is 2.89. The van der Waals surface area contributed by atoms with E-state index in [-0.39, 0.29) is 12.3 Å². The van der Waals surface area contributed by atoms with E-state index in [2.05, 4.69) is 4.98 Å². The fourth-order valence-corrected chi connectivity index (χ4v) is 2.79. The fourth-order valence-electron chi connectivity index (χ4n) is 2.79. The van der Waals surface area contributed by atoms with Crippen LogP contribution in [0.25, 0.3) is 0 Å². The van der Waals surface area contributed by atoms with Gasteiger partial charge in [-0.05, 0) is 37.8 Å². The van der Waals surface area contributed by atoms with Crippen LogP contribution in [-0.2, 0) is 4.79 Å². The summed E-state index contributed by atoms with van der Waals surface area (Å²) in [5.74, 6) is -0.606. The Kier molecular flexibility index (Phi) is 3.92. The number of hydrogen-bond donors (Lipinski definition) is 2. The maximum atomic E-state index is 11.6. The molecule has 1 atom stereocenters. The van der Waals surface area contributed by atoms with Gasteiger partial charge in [-0.2, -0.15) is 0 Å². The third-order valence-electron chi connectivity index (χ3n) is 3.62. The smallest absolute Gasteiger partial charge is 0.303 e. The maximum Gasteiger partial charge on any atom is 0.303 e. The first kappa shape index (κ1) is 14.3. The molecule has 2 rings (SSSR count). The summed E-state index contributed by atoms with van der Waals surface area (Å²) in [6.07, 6.45) is 0.937. The predicted octanol–water partition coefficient (Wildman–Crippen LogP) is 1.10. The van der Waals surface area contributed by atoms with E-state index >= 15 is 0 Å². The van der Waals surface area contributed by atoms with Crippen molar-refractivity contribution in [2.75, 3.05) is 18.0 Å². The number of amides is 1. The lowest BCUT2D eigenvalue weighted by molar-refractivity contribution is -0.137. The average molecular weight is 277 g/mol. The molecule has 1 aromatic heterocycles. The molecule has 2 heterocycles. The molecule has 0 saturated carbocycles. The van der Waals surface area contributed by atoms with Crippen molar-refractivity contribution in [3.8, 4) is 0 Å². The number of aromatic nitrogens is 1. The number of carbonyl (C=O) groups is 2. The zero-order valence-electron chi connectivity index (χ0n) is 11.7. The van der Waals surface area contributed by atoms with Crippen LogP contribution in [0.15, 0.2) is 6.07 Å². The molecule has 1 aromatic rings. The number of anilines is 1. The Morgan fingerprint density at radius 1 is 1.50 bits per heavy atom. The van der Waals surface area contributed by atoms with E-state index in [4.69, 9.17) is 10.8 Å². The topological polar surface area (TPSA) is 96.5 Å². The number of primary amides is 1. The van der Waals surface area contributed by atoms with E-state index in [1.165, 1.54) is 0 Å². The summed E-state index contributed by atoms with van der Waals surface area (Å²) in [5.41, 5.74) is 7.52. The van der Waals surface area contributed by atoms with Crippen molar-refractivity contribution in [2.24, 2.45) is 11.7 Å². The number of nitrogens with two attached hydrogens (primary N) is 1. The number of hydrogen-bond acceptors (Lipinski definition) is 4. The molecule has 1 unspecified atom stereocenters. The van der Waals surface area contributed by atoms with E-state index in [1.54, 1.807) is 0 Å². The average Bonchev–Trinajstić information content (AvgIpc) is 2.74. The molecular weight excluding hydrogens is 258 g/mol. The van der Waals surface area contributed by atoms with Crippen molar-refractivity contribution in [2.45, 2.75) is 26.7 Å². The van der Waals surface area contributed by atoms with Crippen molar-refractivity contribution in [1.29, 1.82) is 0 Å². The van der Waals surface area contributed by atoms with Crippen LogP contribution in [0.2, 0.25) is 0 Å². The largest absolute Gasteiger partial charge is 0.481 e. The van der Waals surface area contributed by atoms with Crippen molar-refractivity contribution in [3.05, 3.63) is 22.9 Å². The number of aliphatic carboxylic acids is 1. The monoisotopic (exact) mass is 277 g/mol. The molecular formula is C14H19N3O3. The van der Waals surface area contributed by atoms with Gasteiger partial charge in [0, 0.05) is 25.2 Å². The number of nitrogens with zero attached hydrogens (tertiary/aromatic N) is 2. The second kappa shape index (κ2) is 5.48. The third-order valence-corrected chi connectivity index (χ3v) is 3.62. The Morgan fingerprint density at radius 3 is 2.80 bits per heavy atom. The molecule has 0 spiro atoms. The van der Waals surface area contributed by atoms with Gasteiger partial charge in [-0.25, -0.2) is 4.98 Å². The molecule has 6 heteroatoms. The van der Waals surface area contributed by atoms with Gasteiger partial charge in [0.1, 0.15) is 5.82 Å². The minimum Gasteiger partial charge on any atom is -0.481 e. The number of carbonyl (C=O) groups excluding carboxylic acids is 1. The molecule has 20 heavy (non-hydrogen) atoms. The second-order valence-electron chi connectivity index (χ2n) is 5.34. The summed E-state index contributed by atoms with van der Waals surface area (Å²) in [4.78, 5) is 28.8. The van der Waals surface area contributed by atoms with E-state index < -0.39 is 11.9 Å². The number of pyridine rings is 1. The Bertz CT molecular complexity index is 557. The minimum atomic E-state index is -0.791. The SMILES string of the molecule is Cc1cc(C)c(C(N)=O)c(N2CCC(CC(=O)O)C2)n1. The van der Waals surface area contributed by atoms with E-state index in [0.717, 1.165) is 17.7 Å². The van der Waals surface area contributed by atoms with Gasteiger partial charge in [0.05, 0.1) is 5.56 Å². The normalized spacial score (nSPS) is 18.3. The van der Waals surface area contributed by atoms with E-state index in [9.17, 15) is 9.59 Å². The fraction of sp³-hybridized carbons (Fsp3) is 0.500. The van der Waals surface area contributed by atoms with Crippen LogP contribution >= 0.6 is 0 Å². The first-order valence-corrected chi connectivity index (χ1v) is 6.63. The highest BCUT2D eigenvalue weighted by atomic mass is 16.4. The van der Waals surface area contributed by atoms with Crippen LogP contribution in [0, 0.1) is 19.8 Å². The highest BCUT2D eigenvalue weighted by Gasteiger charge is 2.28. The zero-order chi connectivity index (χ0) is 14.9. The number of carboxylic acids is 1. The summed E-state index contributed by atoms with van der Waals surface area (Å²) in [6, 6.07) is 1.83. The van der Waals surface area contributed by atoms with Crippen LogP contribution in [-0.4, -0.2) is 35.1 Å². The van der Waals surface area contributed by atoms with Gasteiger partial charge in [-0.15, -0.1) is 0 Å². The molecule has 0 aliphatic carbocycles. The number of carboxylic acid groups (broad SMARTS) is 1. The van der Waals surface area contributed by atoms with Crippen molar-refractivity contribution < 1.29 is 14.7 Å². The second-order valence-corrected chi connectivity index (χ2v) is 5.34. The summed E-state index contributed by atoms with van der Waals surface area (Å²) in [5, 5.41) is 8.85. The predicted molar refractivity (Wildman–Crippen MR) is 74.8 cm³/mol. The lowest BCUT2D eigenvalue weighted by atomic mass is 10.1. The first-order valence-electron chi connectivity index (χ1n) is 6.63. The lowest BCUT2D eigenvalue weighted by Crippen LogP contribution is -2.27. The van der Waals surface area contributed by atoms with Crippen LogP contribution in [0.3, 0.4) is 0 Å². The van der Waals surface area contributed by atoms with Crippen molar-refractivity contribution in [1.82, 2.24) is 4.98 Å². The van der Waals surface area contributed by atoms with Crippen LogP contribution in [0.1, 0.15) is 34.5 Å². The highest BCUT2D eigenvalue weighted by Crippen LogP contribution is 2.28. The Labute approximate surface area is 117 Å². The van der Waals surface area contributed by atoms with Gasteiger partial charge < -0.3 is 15.7 Å². The van der Waals surface area contributed by atoms with Gasteiger partial charge >= 0.3 is 5.97 Å². The number of rotatable bonds is 4. The van der Waals surface area contributed by atoms with Gasteiger partial charge in [0.25, 0.3) is 5.91 Å². The van der Waals surface area contributed by atoms with Crippen molar-refractivity contribution in [3.63, 3.8) is 0 Å². The molecule has 6 nitrogen and oxygen atoms in total. The molecule has 0 aromatic carbocycles. The molecule has 1 aliphatic rings. The van der Waals surface area contributed by atoms with Crippen LogP contribution in [0.4, 0.5) is 5.82 Å². The molecule has 108 valence electrons. The van der Waals surface area contributed by atoms with Crippen LogP contribution in [0.5, 0.6) is 0 Å². The van der Waals surface area contributed by atoms with E-state index in [1.807, 2.05) is 24.8 Å². The summed E-state index contributed by atoms with van der Waals surface area (Å²) in [7, 11) is 0. The first-order chi connectivity index (χ1) is 9.38. The van der Waals surface area contributed by atoms with Gasteiger partial charge in [-0.1, -0.05) is 0 Å². The maximum absolute atomic E-state index is 11.6. The van der Waals surface area contributed by atoms with Crippen LogP contribution < -0.4 is 10.6 Å². The molecule has 0 bridgehead atoms. The highest BCUT2D eigenvalue weighted by molar-refractivity contribution is 5.99. The zero-order valence-corrected chi connectivity index (χ0v) is 11.7.